The Morgan fingerprint density at radius 3 is 2.50 bits per heavy atom. The van der Waals surface area contributed by atoms with Crippen LogP contribution in [0.25, 0.3) is 0 Å². The van der Waals surface area contributed by atoms with Gasteiger partial charge in [0, 0.05) is 6.42 Å². The van der Waals surface area contributed by atoms with Crippen LogP contribution in [0.4, 0.5) is 0 Å². The number of carboxylic acid groups (broad SMARTS) is 1. The minimum atomic E-state index is -0.997. The van der Waals surface area contributed by atoms with E-state index in [9.17, 15) is 9.59 Å². The summed E-state index contributed by atoms with van der Waals surface area (Å²) in [6.07, 6.45) is 4.65. The fraction of sp³-hybridized carbons (Fsp3) is 0.429. The highest BCUT2D eigenvalue weighted by Crippen LogP contribution is 2.00. The van der Waals surface area contributed by atoms with Crippen molar-refractivity contribution in [2.75, 3.05) is 0 Å². The second-order valence-electron chi connectivity index (χ2n) is 2.01. The molecule has 54 valence electrons. The Hall–Kier alpha value is -1.30. The molecule has 0 aromatic rings. The molecular formula is C7H8O3. The first-order chi connectivity index (χ1) is 4.57. The standard InChI is InChI=1S/C7H8O3/c1-3-6(8)4-5(2)7(9)10/h1,5H,4H2,2H3,(H,9,10). The molecule has 10 heavy (non-hydrogen) atoms. The summed E-state index contributed by atoms with van der Waals surface area (Å²) in [4.78, 5) is 20.6. The summed E-state index contributed by atoms with van der Waals surface area (Å²) in [5.41, 5.74) is 0. The highest BCUT2D eigenvalue weighted by atomic mass is 16.4. The molecule has 0 bridgehead atoms. The quantitative estimate of drug-likeness (QED) is 0.453. The van der Waals surface area contributed by atoms with Gasteiger partial charge in [-0.05, 0) is 5.92 Å². The molecule has 3 heteroatoms. The van der Waals surface area contributed by atoms with E-state index in [-0.39, 0.29) is 6.42 Å². The molecule has 1 N–H and O–H groups in total. The van der Waals surface area contributed by atoms with Gasteiger partial charge in [-0.2, -0.15) is 0 Å². The Morgan fingerprint density at radius 2 is 2.20 bits per heavy atom. The second kappa shape index (κ2) is 3.67. The molecule has 0 aromatic heterocycles. The number of rotatable bonds is 3. The Morgan fingerprint density at radius 1 is 1.70 bits per heavy atom. The molecule has 0 heterocycles. The van der Waals surface area contributed by atoms with Gasteiger partial charge in [-0.15, -0.1) is 6.42 Å². The van der Waals surface area contributed by atoms with Gasteiger partial charge in [0.1, 0.15) is 0 Å². The van der Waals surface area contributed by atoms with Crippen molar-refractivity contribution in [3.8, 4) is 12.3 Å². The molecule has 0 aliphatic heterocycles. The zero-order valence-corrected chi connectivity index (χ0v) is 5.63. The van der Waals surface area contributed by atoms with Crippen LogP contribution in [-0.2, 0) is 9.59 Å². The summed E-state index contributed by atoms with van der Waals surface area (Å²) in [6.45, 7) is 1.44. The summed E-state index contributed by atoms with van der Waals surface area (Å²) in [6, 6.07) is 0. The normalized spacial score (nSPS) is 11.6. The lowest BCUT2D eigenvalue weighted by Gasteiger charge is -1.99. The molecule has 0 aliphatic rings. The number of Topliss-reactive ketones (excluding diaryl/α,β-unsaturated/α-hetero) is 1. The Kier molecular flexibility index (Phi) is 3.20. The van der Waals surface area contributed by atoms with Crippen molar-refractivity contribution in [3.63, 3.8) is 0 Å². The van der Waals surface area contributed by atoms with Gasteiger partial charge in [0.25, 0.3) is 0 Å². The van der Waals surface area contributed by atoms with Crippen molar-refractivity contribution in [1.29, 1.82) is 0 Å². The number of carbonyl (C=O) groups excluding carboxylic acids is 1. The van der Waals surface area contributed by atoms with E-state index >= 15 is 0 Å². The van der Waals surface area contributed by atoms with E-state index in [0.717, 1.165) is 0 Å². The Balaban J connectivity index is 3.82. The van der Waals surface area contributed by atoms with Crippen molar-refractivity contribution in [3.05, 3.63) is 0 Å². The maximum atomic E-state index is 10.4. The first kappa shape index (κ1) is 8.70. The predicted octanol–water partition coefficient (Wildman–Crippen LogP) is 0.299. The minimum Gasteiger partial charge on any atom is -0.481 e. The largest absolute Gasteiger partial charge is 0.481 e. The second-order valence-corrected chi connectivity index (χ2v) is 2.01. The molecule has 1 unspecified atom stereocenters. The fourth-order valence-electron chi connectivity index (χ4n) is 0.424. The van der Waals surface area contributed by atoms with Gasteiger partial charge in [-0.25, -0.2) is 0 Å². The van der Waals surface area contributed by atoms with Gasteiger partial charge in [0.05, 0.1) is 5.92 Å². The molecule has 0 fully saturated rings. The monoisotopic (exact) mass is 140 g/mol. The zero-order valence-electron chi connectivity index (χ0n) is 5.63. The number of hydrogen-bond donors (Lipinski definition) is 1. The lowest BCUT2D eigenvalue weighted by molar-refractivity contribution is -0.142. The highest BCUT2D eigenvalue weighted by Gasteiger charge is 2.13. The maximum absolute atomic E-state index is 10.4. The number of carbonyl (C=O) groups is 2. The molecule has 0 rings (SSSR count). The third kappa shape index (κ3) is 2.88. The smallest absolute Gasteiger partial charge is 0.306 e. The molecule has 0 aliphatic carbocycles. The summed E-state index contributed by atoms with van der Waals surface area (Å²) < 4.78 is 0. The number of carboxylic acids is 1. The average molecular weight is 140 g/mol. The Labute approximate surface area is 59.0 Å². The number of aliphatic carboxylic acids is 1. The summed E-state index contributed by atoms with van der Waals surface area (Å²) in [5, 5.41) is 8.31. The Bertz CT molecular complexity index is 188. The lowest BCUT2D eigenvalue weighted by Crippen LogP contribution is -2.13. The third-order valence-corrected chi connectivity index (χ3v) is 1.07. The molecule has 3 nitrogen and oxygen atoms in total. The van der Waals surface area contributed by atoms with Gasteiger partial charge in [-0.3, -0.25) is 9.59 Å². The fourth-order valence-corrected chi connectivity index (χ4v) is 0.424. The molecule has 0 spiro atoms. The number of terminal acetylenes is 1. The van der Waals surface area contributed by atoms with Crippen molar-refractivity contribution in [2.45, 2.75) is 13.3 Å². The van der Waals surface area contributed by atoms with Crippen molar-refractivity contribution in [1.82, 2.24) is 0 Å². The first-order valence-corrected chi connectivity index (χ1v) is 2.80. The van der Waals surface area contributed by atoms with E-state index < -0.39 is 17.7 Å². The maximum Gasteiger partial charge on any atom is 0.306 e. The van der Waals surface area contributed by atoms with Crippen LogP contribution in [0.15, 0.2) is 0 Å². The van der Waals surface area contributed by atoms with Crippen molar-refractivity contribution < 1.29 is 14.7 Å². The number of ketones is 1. The summed E-state index contributed by atoms with van der Waals surface area (Å²) in [5.74, 6) is -0.289. The van der Waals surface area contributed by atoms with Crippen molar-refractivity contribution >= 4 is 11.8 Å². The first-order valence-electron chi connectivity index (χ1n) is 2.80. The van der Waals surface area contributed by atoms with E-state index in [2.05, 4.69) is 0 Å². The van der Waals surface area contributed by atoms with Crippen LogP contribution in [0, 0.1) is 18.3 Å². The number of hydrogen-bond acceptors (Lipinski definition) is 2. The van der Waals surface area contributed by atoms with Crippen molar-refractivity contribution in [2.24, 2.45) is 5.92 Å². The van der Waals surface area contributed by atoms with Gasteiger partial charge in [-0.1, -0.05) is 6.92 Å². The van der Waals surface area contributed by atoms with Crippen LogP contribution in [0.5, 0.6) is 0 Å². The van der Waals surface area contributed by atoms with Gasteiger partial charge in [0.15, 0.2) is 0 Å². The van der Waals surface area contributed by atoms with E-state index in [1.54, 1.807) is 0 Å². The topological polar surface area (TPSA) is 54.4 Å². The summed E-state index contributed by atoms with van der Waals surface area (Å²) >= 11 is 0. The molecule has 0 radical (unpaired) electrons. The SMILES string of the molecule is C#CC(=O)CC(C)C(=O)O. The molecular weight excluding hydrogens is 132 g/mol. The highest BCUT2D eigenvalue weighted by molar-refractivity contribution is 5.96. The van der Waals surface area contributed by atoms with Crippen LogP contribution in [0.1, 0.15) is 13.3 Å². The van der Waals surface area contributed by atoms with Gasteiger partial charge >= 0.3 is 5.97 Å². The van der Waals surface area contributed by atoms with Gasteiger partial charge < -0.3 is 5.11 Å². The van der Waals surface area contributed by atoms with Crippen LogP contribution >= 0.6 is 0 Å². The summed E-state index contributed by atoms with van der Waals surface area (Å²) in [7, 11) is 0. The van der Waals surface area contributed by atoms with Crippen LogP contribution in [-0.4, -0.2) is 16.9 Å². The van der Waals surface area contributed by atoms with Crippen LogP contribution in [0.3, 0.4) is 0 Å². The average Bonchev–Trinajstić information content (AvgIpc) is 1.87. The lowest BCUT2D eigenvalue weighted by atomic mass is 10.1. The zero-order chi connectivity index (χ0) is 8.15. The third-order valence-electron chi connectivity index (χ3n) is 1.07. The van der Waals surface area contributed by atoms with Crippen LogP contribution < -0.4 is 0 Å². The van der Waals surface area contributed by atoms with Gasteiger partial charge in [0.2, 0.25) is 5.78 Å². The molecule has 0 amide bonds. The predicted molar refractivity (Wildman–Crippen MR) is 35.3 cm³/mol. The van der Waals surface area contributed by atoms with E-state index in [0.29, 0.717) is 0 Å². The molecule has 0 saturated carbocycles. The minimum absolute atomic E-state index is 0.0775. The molecule has 1 atom stereocenters. The van der Waals surface area contributed by atoms with E-state index in [1.165, 1.54) is 6.92 Å². The van der Waals surface area contributed by atoms with E-state index in [1.807, 2.05) is 5.92 Å². The van der Waals surface area contributed by atoms with E-state index in [4.69, 9.17) is 11.5 Å². The van der Waals surface area contributed by atoms with Crippen LogP contribution in [0.2, 0.25) is 0 Å². The molecule has 0 saturated heterocycles. The molecule has 0 aromatic carbocycles.